The summed E-state index contributed by atoms with van der Waals surface area (Å²) in [5.41, 5.74) is 2.57. The molecule has 2 rings (SSSR count). The Morgan fingerprint density at radius 1 is 0.630 bits per heavy atom. The van der Waals surface area contributed by atoms with E-state index in [0.717, 1.165) is 30.2 Å². The smallest absolute Gasteiger partial charge is 0.119 e. The molecular weight excluding hydrogens is 352 g/mol. The van der Waals surface area contributed by atoms with Crippen LogP contribution in [0.3, 0.4) is 0 Å². The van der Waals surface area contributed by atoms with Gasteiger partial charge in [-0.3, -0.25) is 0 Å². The van der Waals surface area contributed by atoms with E-state index in [0.29, 0.717) is 0 Å². The fraction of sp³-hybridized carbons (Fsp3) is 0.520. The van der Waals surface area contributed by atoms with Gasteiger partial charge < -0.3 is 4.74 Å². The van der Waals surface area contributed by atoms with Crippen LogP contribution in [-0.4, -0.2) is 6.61 Å². The molecule has 0 N–H and O–H groups in total. The molecule has 0 aliphatic rings. The van der Waals surface area contributed by atoms with Crippen molar-refractivity contribution >= 4 is 11.6 Å². The molecule has 2 aromatic carbocycles. The number of benzene rings is 2. The Labute approximate surface area is 171 Å². The molecule has 0 amide bonds. The van der Waals surface area contributed by atoms with Crippen molar-refractivity contribution < 1.29 is 4.74 Å². The predicted molar refractivity (Wildman–Crippen MR) is 118 cm³/mol. The van der Waals surface area contributed by atoms with Gasteiger partial charge >= 0.3 is 0 Å². The van der Waals surface area contributed by atoms with E-state index in [-0.39, 0.29) is 0 Å². The summed E-state index contributed by atoms with van der Waals surface area (Å²) in [5, 5.41) is 0.787. The number of unbranched alkanes of at least 4 members (excludes halogenated alkanes) is 9. The third-order valence-electron chi connectivity index (χ3n) is 5.01. The average molecular weight is 387 g/mol. The van der Waals surface area contributed by atoms with Crippen molar-refractivity contribution in [1.29, 1.82) is 0 Å². The Morgan fingerprint density at radius 3 is 1.67 bits per heavy atom. The molecule has 0 aliphatic carbocycles. The van der Waals surface area contributed by atoms with Crippen molar-refractivity contribution in [2.75, 3.05) is 6.61 Å². The van der Waals surface area contributed by atoms with Gasteiger partial charge in [0.05, 0.1) is 6.61 Å². The maximum absolute atomic E-state index is 5.94. The van der Waals surface area contributed by atoms with Gasteiger partial charge in [0.15, 0.2) is 0 Å². The molecule has 0 saturated carbocycles. The molecule has 0 spiro atoms. The number of halogens is 1. The summed E-state index contributed by atoms with van der Waals surface area (Å²) >= 11 is 5.94. The standard InChI is InChI=1S/C25H35ClO/c1-2-3-4-5-6-7-8-9-10-11-20-27-25-18-14-23(15-19-25)21-22-12-16-24(26)17-13-22/h12-19H,2-11,20-21H2,1H3. The molecule has 0 fully saturated rings. The molecule has 148 valence electrons. The molecule has 0 aromatic heterocycles. The van der Waals surface area contributed by atoms with Gasteiger partial charge in [0, 0.05) is 5.02 Å². The number of rotatable bonds is 14. The highest BCUT2D eigenvalue weighted by Gasteiger charge is 1.99. The van der Waals surface area contributed by atoms with Gasteiger partial charge in [-0.1, -0.05) is 101 Å². The van der Waals surface area contributed by atoms with Crippen molar-refractivity contribution in [2.24, 2.45) is 0 Å². The van der Waals surface area contributed by atoms with Gasteiger partial charge in [-0.15, -0.1) is 0 Å². The summed E-state index contributed by atoms with van der Waals surface area (Å²) in [7, 11) is 0. The first-order valence-corrected chi connectivity index (χ1v) is 11.1. The normalized spacial score (nSPS) is 10.9. The molecule has 0 aliphatic heterocycles. The van der Waals surface area contributed by atoms with Gasteiger partial charge in [-0.05, 0) is 48.2 Å². The second kappa shape index (κ2) is 13.7. The van der Waals surface area contributed by atoms with E-state index in [1.165, 1.54) is 68.9 Å². The Bertz CT molecular complexity index is 603. The minimum atomic E-state index is 0.787. The Balaban J connectivity index is 1.52. The summed E-state index contributed by atoms with van der Waals surface area (Å²) in [5.74, 6) is 0.978. The summed E-state index contributed by atoms with van der Waals surface area (Å²) < 4.78 is 5.88. The van der Waals surface area contributed by atoms with Gasteiger partial charge in [0.1, 0.15) is 5.75 Å². The summed E-state index contributed by atoms with van der Waals surface area (Å²) in [6.07, 6.45) is 14.5. The highest BCUT2D eigenvalue weighted by atomic mass is 35.5. The molecule has 0 bridgehead atoms. The number of hydrogen-bond acceptors (Lipinski definition) is 1. The van der Waals surface area contributed by atoms with Crippen molar-refractivity contribution in [3.63, 3.8) is 0 Å². The van der Waals surface area contributed by atoms with E-state index in [4.69, 9.17) is 16.3 Å². The quantitative estimate of drug-likeness (QED) is 0.297. The van der Waals surface area contributed by atoms with Crippen LogP contribution in [0, 0.1) is 0 Å². The molecule has 0 radical (unpaired) electrons. The Hall–Kier alpha value is -1.47. The highest BCUT2D eigenvalue weighted by Crippen LogP contribution is 2.17. The lowest BCUT2D eigenvalue weighted by Crippen LogP contribution is -1.97. The maximum Gasteiger partial charge on any atom is 0.119 e. The average Bonchev–Trinajstić information content (AvgIpc) is 2.69. The number of ether oxygens (including phenoxy) is 1. The molecular formula is C25H35ClO. The molecule has 0 heterocycles. The summed E-state index contributed by atoms with van der Waals surface area (Å²) in [4.78, 5) is 0. The fourth-order valence-electron chi connectivity index (χ4n) is 3.32. The molecule has 2 aromatic rings. The van der Waals surface area contributed by atoms with Crippen LogP contribution < -0.4 is 4.74 Å². The van der Waals surface area contributed by atoms with Gasteiger partial charge in [-0.2, -0.15) is 0 Å². The number of hydrogen-bond donors (Lipinski definition) is 0. The zero-order chi connectivity index (χ0) is 19.2. The monoisotopic (exact) mass is 386 g/mol. The first-order valence-electron chi connectivity index (χ1n) is 10.7. The van der Waals surface area contributed by atoms with E-state index >= 15 is 0 Å². The van der Waals surface area contributed by atoms with Crippen LogP contribution in [0.4, 0.5) is 0 Å². The molecule has 0 atom stereocenters. The molecule has 1 nitrogen and oxygen atoms in total. The third-order valence-corrected chi connectivity index (χ3v) is 5.26. The zero-order valence-corrected chi connectivity index (χ0v) is 17.6. The van der Waals surface area contributed by atoms with Gasteiger partial charge in [0.25, 0.3) is 0 Å². The molecule has 0 unspecified atom stereocenters. The largest absolute Gasteiger partial charge is 0.494 e. The first kappa shape index (κ1) is 21.8. The summed E-state index contributed by atoms with van der Waals surface area (Å²) in [6.45, 7) is 3.10. The van der Waals surface area contributed by atoms with Crippen LogP contribution in [0.25, 0.3) is 0 Å². The second-order valence-electron chi connectivity index (χ2n) is 7.48. The SMILES string of the molecule is CCCCCCCCCCCCOc1ccc(Cc2ccc(Cl)cc2)cc1. The lowest BCUT2D eigenvalue weighted by Gasteiger charge is -2.08. The van der Waals surface area contributed by atoms with Crippen LogP contribution in [0.1, 0.15) is 82.3 Å². The Morgan fingerprint density at radius 2 is 1.11 bits per heavy atom. The zero-order valence-electron chi connectivity index (χ0n) is 16.9. The van der Waals surface area contributed by atoms with E-state index in [1.54, 1.807) is 0 Å². The fourth-order valence-corrected chi connectivity index (χ4v) is 3.45. The predicted octanol–water partition coefficient (Wildman–Crippen LogP) is 8.23. The van der Waals surface area contributed by atoms with Crippen LogP contribution in [-0.2, 0) is 6.42 Å². The van der Waals surface area contributed by atoms with Gasteiger partial charge in [-0.25, -0.2) is 0 Å². The van der Waals surface area contributed by atoms with Crippen molar-refractivity contribution in [1.82, 2.24) is 0 Å². The molecule has 2 heteroatoms. The summed E-state index contributed by atoms with van der Waals surface area (Å²) in [6, 6.07) is 16.5. The van der Waals surface area contributed by atoms with Crippen LogP contribution in [0.15, 0.2) is 48.5 Å². The van der Waals surface area contributed by atoms with E-state index in [2.05, 4.69) is 43.3 Å². The highest BCUT2D eigenvalue weighted by molar-refractivity contribution is 6.30. The molecule has 0 saturated heterocycles. The Kier molecular flexibility index (Phi) is 11.0. The minimum absolute atomic E-state index is 0.787. The van der Waals surface area contributed by atoms with Crippen LogP contribution in [0.2, 0.25) is 5.02 Å². The third kappa shape index (κ3) is 9.86. The van der Waals surface area contributed by atoms with Crippen LogP contribution in [0.5, 0.6) is 5.75 Å². The molecule has 27 heavy (non-hydrogen) atoms. The van der Waals surface area contributed by atoms with Crippen LogP contribution >= 0.6 is 11.6 Å². The first-order chi connectivity index (χ1) is 13.3. The maximum atomic E-state index is 5.94. The van der Waals surface area contributed by atoms with E-state index in [1.807, 2.05) is 12.1 Å². The van der Waals surface area contributed by atoms with E-state index in [9.17, 15) is 0 Å². The van der Waals surface area contributed by atoms with E-state index < -0.39 is 0 Å². The minimum Gasteiger partial charge on any atom is -0.494 e. The van der Waals surface area contributed by atoms with Crippen molar-refractivity contribution in [3.8, 4) is 5.75 Å². The van der Waals surface area contributed by atoms with Crippen molar-refractivity contribution in [2.45, 2.75) is 77.6 Å². The topological polar surface area (TPSA) is 9.23 Å². The lowest BCUT2D eigenvalue weighted by molar-refractivity contribution is 0.304. The van der Waals surface area contributed by atoms with Crippen molar-refractivity contribution in [3.05, 3.63) is 64.7 Å². The second-order valence-corrected chi connectivity index (χ2v) is 7.91. The lowest BCUT2D eigenvalue weighted by atomic mass is 10.1. The van der Waals surface area contributed by atoms with Gasteiger partial charge in [0.2, 0.25) is 0 Å².